The number of amides is 1. The van der Waals surface area contributed by atoms with Gasteiger partial charge in [0.15, 0.2) is 0 Å². The van der Waals surface area contributed by atoms with Gasteiger partial charge in [0.1, 0.15) is 0 Å². The number of nitrogens with zero attached hydrogens (tertiary/aromatic N) is 1. The summed E-state index contributed by atoms with van der Waals surface area (Å²) in [6, 6.07) is -0.886. The number of aliphatic hydroxyl groups is 1. The minimum atomic E-state index is -1.22. The number of thioether (sulfide) groups is 1. The van der Waals surface area contributed by atoms with Gasteiger partial charge in [-0.25, -0.2) is 0 Å². The van der Waals surface area contributed by atoms with Gasteiger partial charge in [-0.05, 0) is 13.8 Å². The van der Waals surface area contributed by atoms with Crippen molar-refractivity contribution in [2.75, 3.05) is 6.61 Å². The molecule has 16 heavy (non-hydrogen) atoms. The van der Waals surface area contributed by atoms with Gasteiger partial charge in [0, 0.05) is 4.75 Å². The van der Waals surface area contributed by atoms with Crippen LogP contribution in [0.15, 0.2) is 0 Å². The van der Waals surface area contributed by atoms with Crippen LogP contribution in [0.2, 0.25) is 0 Å². The predicted molar refractivity (Wildman–Crippen MR) is 51.7 cm³/mol. The quantitative estimate of drug-likeness (QED) is 0.396. The summed E-state index contributed by atoms with van der Waals surface area (Å²) in [5.41, 5.74) is 0. The van der Waals surface area contributed by atoms with Crippen molar-refractivity contribution in [3.63, 3.8) is 0 Å². The number of carboxylic acids is 1. The molecule has 0 aromatic rings. The van der Waals surface area contributed by atoms with Crippen LogP contribution in [0.4, 0.5) is 0 Å². The molecule has 1 N–H and O–H groups in total. The molecule has 7 heteroatoms. The van der Waals surface area contributed by atoms with Crippen molar-refractivity contribution in [3.05, 3.63) is 0 Å². The Morgan fingerprint density at radius 2 is 2.19 bits per heavy atom. The van der Waals surface area contributed by atoms with Crippen LogP contribution in [0.25, 0.3) is 0 Å². The SMILES string of the molecule is CC1(C)S[C@@H]2[C@@H](CO)C(=O)N2[C@H]1C(=O)[O-].[Na+]. The fourth-order valence-electron chi connectivity index (χ4n) is 2.24. The molecule has 0 aromatic carbocycles. The van der Waals surface area contributed by atoms with Crippen LogP contribution in [0.3, 0.4) is 0 Å². The van der Waals surface area contributed by atoms with Crippen molar-refractivity contribution in [2.45, 2.75) is 30.0 Å². The Balaban J connectivity index is 0.00000128. The van der Waals surface area contributed by atoms with E-state index in [4.69, 9.17) is 5.11 Å². The fraction of sp³-hybridized carbons (Fsp3) is 0.778. The molecule has 1 amide bonds. The molecule has 2 aliphatic heterocycles. The van der Waals surface area contributed by atoms with Crippen LogP contribution in [-0.4, -0.2) is 44.7 Å². The van der Waals surface area contributed by atoms with Gasteiger partial charge < -0.3 is 19.9 Å². The standard InChI is InChI=1S/C9H13NO4S.Na/c1-9(2)5(8(13)14)10-6(12)4(3-11)7(10)15-9;/h4-5,7,11H,3H2,1-2H3,(H,13,14);/q;+1/p-1/t4-,5-,7+;/m0./s1. The maximum atomic E-state index is 11.5. The van der Waals surface area contributed by atoms with E-state index in [-0.39, 0.29) is 47.4 Å². The zero-order valence-electron chi connectivity index (χ0n) is 9.47. The molecule has 2 rings (SSSR count). The van der Waals surface area contributed by atoms with Crippen molar-refractivity contribution in [3.8, 4) is 0 Å². The van der Waals surface area contributed by atoms with E-state index in [0.717, 1.165) is 0 Å². The zero-order chi connectivity index (χ0) is 11.4. The first kappa shape index (κ1) is 14.3. The molecule has 5 nitrogen and oxygen atoms in total. The summed E-state index contributed by atoms with van der Waals surface area (Å²) < 4.78 is -0.552. The number of aliphatic carboxylic acids is 1. The molecule has 0 saturated carbocycles. The molecule has 0 aliphatic carbocycles. The van der Waals surface area contributed by atoms with E-state index in [2.05, 4.69) is 0 Å². The van der Waals surface area contributed by atoms with E-state index >= 15 is 0 Å². The molecule has 2 fully saturated rings. The summed E-state index contributed by atoms with van der Waals surface area (Å²) in [5, 5.41) is 19.7. The first-order valence-electron chi connectivity index (χ1n) is 4.72. The predicted octanol–water partition coefficient (Wildman–Crippen LogP) is -4.59. The third-order valence-corrected chi connectivity index (χ3v) is 4.60. The Bertz CT molecular complexity index is 335. The fourth-order valence-corrected chi connectivity index (χ4v) is 3.91. The number of rotatable bonds is 2. The number of hydrogen-bond donors (Lipinski definition) is 1. The zero-order valence-corrected chi connectivity index (χ0v) is 12.3. The minimum absolute atomic E-state index is 0. The van der Waals surface area contributed by atoms with Crippen molar-refractivity contribution in [1.29, 1.82) is 0 Å². The number of carboxylic acid groups (broad SMARTS) is 1. The topological polar surface area (TPSA) is 80.7 Å². The number of carbonyl (C=O) groups is 2. The maximum Gasteiger partial charge on any atom is 1.00 e. The first-order valence-corrected chi connectivity index (χ1v) is 5.60. The normalized spacial score (nSPS) is 35.1. The van der Waals surface area contributed by atoms with Gasteiger partial charge in [0.2, 0.25) is 5.91 Å². The molecule has 3 atom stereocenters. The summed E-state index contributed by atoms with van der Waals surface area (Å²) in [6.07, 6.45) is 0. The number of aliphatic hydroxyl groups excluding tert-OH is 1. The van der Waals surface area contributed by atoms with Crippen molar-refractivity contribution in [2.24, 2.45) is 5.92 Å². The van der Waals surface area contributed by atoms with Crippen LogP contribution in [0.5, 0.6) is 0 Å². The summed E-state index contributed by atoms with van der Waals surface area (Å²) in [6.45, 7) is 3.33. The monoisotopic (exact) mass is 253 g/mol. The molecule has 0 spiro atoms. The molecule has 0 radical (unpaired) electrons. The average Bonchev–Trinajstić information content (AvgIpc) is 2.35. The Kier molecular flexibility index (Phi) is 4.02. The van der Waals surface area contributed by atoms with Crippen LogP contribution >= 0.6 is 11.8 Å². The smallest absolute Gasteiger partial charge is 0.548 e. The molecular weight excluding hydrogens is 241 g/mol. The molecule has 0 aromatic heterocycles. The Labute approximate surface area is 120 Å². The van der Waals surface area contributed by atoms with Gasteiger partial charge in [-0.1, -0.05) is 0 Å². The van der Waals surface area contributed by atoms with Crippen molar-refractivity contribution < 1.29 is 49.4 Å². The summed E-state index contributed by atoms with van der Waals surface area (Å²) >= 11 is 1.41. The second-order valence-corrected chi connectivity index (χ2v) is 6.14. The molecular formula is C9H12NNaO4S. The van der Waals surface area contributed by atoms with Gasteiger partial charge in [0.25, 0.3) is 0 Å². The summed E-state index contributed by atoms with van der Waals surface area (Å²) in [4.78, 5) is 23.8. The van der Waals surface area contributed by atoms with Crippen LogP contribution < -0.4 is 34.7 Å². The third kappa shape index (κ3) is 1.80. The van der Waals surface area contributed by atoms with Gasteiger partial charge in [-0.3, -0.25) is 4.79 Å². The van der Waals surface area contributed by atoms with Crippen molar-refractivity contribution >= 4 is 23.6 Å². The first-order chi connectivity index (χ1) is 6.90. The van der Waals surface area contributed by atoms with Crippen LogP contribution in [0, 0.1) is 5.92 Å². The molecule has 2 heterocycles. The summed E-state index contributed by atoms with van der Waals surface area (Å²) in [7, 11) is 0. The second kappa shape index (κ2) is 4.49. The number of hydrogen-bond acceptors (Lipinski definition) is 5. The van der Waals surface area contributed by atoms with E-state index in [1.54, 1.807) is 13.8 Å². The van der Waals surface area contributed by atoms with Crippen molar-refractivity contribution in [1.82, 2.24) is 4.90 Å². The van der Waals surface area contributed by atoms with Gasteiger partial charge in [-0.2, -0.15) is 0 Å². The van der Waals surface area contributed by atoms with E-state index < -0.39 is 22.7 Å². The Morgan fingerprint density at radius 1 is 1.62 bits per heavy atom. The van der Waals surface area contributed by atoms with Gasteiger partial charge in [-0.15, -0.1) is 11.8 Å². The second-order valence-electron chi connectivity index (χ2n) is 4.37. The van der Waals surface area contributed by atoms with E-state index in [0.29, 0.717) is 0 Å². The van der Waals surface area contributed by atoms with Gasteiger partial charge in [0.05, 0.1) is 29.9 Å². The molecule has 2 saturated heterocycles. The summed E-state index contributed by atoms with van der Waals surface area (Å²) in [5.74, 6) is -1.95. The van der Waals surface area contributed by atoms with E-state index in [9.17, 15) is 14.7 Å². The molecule has 2 aliphatic rings. The average molecular weight is 253 g/mol. The Morgan fingerprint density at radius 3 is 2.62 bits per heavy atom. The van der Waals surface area contributed by atoms with Crippen LogP contribution in [0.1, 0.15) is 13.8 Å². The van der Waals surface area contributed by atoms with E-state index in [1.807, 2.05) is 0 Å². The minimum Gasteiger partial charge on any atom is -0.548 e. The van der Waals surface area contributed by atoms with Gasteiger partial charge >= 0.3 is 29.6 Å². The number of β-lactam (4-membered cyclic amide) rings is 1. The molecule has 84 valence electrons. The number of fused-ring (bicyclic) bond motifs is 1. The Hall–Kier alpha value is 0.250. The number of carbonyl (C=O) groups excluding carboxylic acids is 2. The molecule has 0 bridgehead atoms. The molecule has 0 unspecified atom stereocenters. The van der Waals surface area contributed by atoms with E-state index in [1.165, 1.54) is 16.7 Å². The largest absolute Gasteiger partial charge is 1.00 e. The van der Waals surface area contributed by atoms with Crippen LogP contribution in [-0.2, 0) is 9.59 Å². The third-order valence-electron chi connectivity index (χ3n) is 2.97. The maximum absolute atomic E-state index is 11.5.